The molecule has 2 atom stereocenters. The zero-order valence-electron chi connectivity index (χ0n) is 21.7. The summed E-state index contributed by atoms with van der Waals surface area (Å²) in [5.74, 6) is -4.83. The van der Waals surface area contributed by atoms with Crippen LogP contribution in [0.15, 0.2) is 12.3 Å². The zero-order valence-corrected chi connectivity index (χ0v) is 22.5. The minimum atomic E-state index is -4.93. The summed E-state index contributed by atoms with van der Waals surface area (Å²) in [5, 5.41) is 14.6. The topological polar surface area (TPSA) is 107 Å². The molecule has 3 heterocycles. The Morgan fingerprint density at radius 2 is 1.95 bits per heavy atom. The third-order valence-electron chi connectivity index (χ3n) is 6.81. The van der Waals surface area contributed by atoms with Crippen molar-refractivity contribution in [2.45, 2.75) is 82.7 Å². The lowest BCUT2D eigenvalue weighted by atomic mass is 10.1. The summed E-state index contributed by atoms with van der Waals surface area (Å²) in [6.45, 7) is 4.97. The van der Waals surface area contributed by atoms with Gasteiger partial charge in [-0.2, -0.15) is 13.2 Å². The van der Waals surface area contributed by atoms with Gasteiger partial charge in [-0.15, -0.1) is 11.3 Å². The van der Waals surface area contributed by atoms with Crippen LogP contribution in [0.5, 0.6) is 0 Å². The Kier molecular flexibility index (Phi) is 7.92. The van der Waals surface area contributed by atoms with Gasteiger partial charge < -0.3 is 20.6 Å². The van der Waals surface area contributed by atoms with Crippen molar-refractivity contribution in [1.29, 1.82) is 0 Å². The standard InChI is InChI=1S/C25H30F5N5O3S/c1-13-6-5-9-35(13)22(37)18-19(39-21(34-18)20(36)32-12-23(2,3)38)14-11-31-17(10-15(14)25(28,29)30)33-16-7-4-8-24(16,26)27/h10-11,13,16,38H,4-9,12H2,1-3H3,(H,31,33)(H,32,36)/t13?,16-/m0/s1. The summed E-state index contributed by atoms with van der Waals surface area (Å²) < 4.78 is 71.0. The van der Waals surface area contributed by atoms with Crippen LogP contribution in [-0.4, -0.2) is 68.5 Å². The van der Waals surface area contributed by atoms with Gasteiger partial charge in [0.25, 0.3) is 17.7 Å². The molecule has 1 aliphatic heterocycles. The van der Waals surface area contributed by atoms with Gasteiger partial charge in [-0.25, -0.2) is 18.7 Å². The van der Waals surface area contributed by atoms with Crippen molar-refractivity contribution in [1.82, 2.24) is 20.2 Å². The van der Waals surface area contributed by atoms with Crippen molar-refractivity contribution in [2.24, 2.45) is 0 Å². The Morgan fingerprint density at radius 1 is 1.23 bits per heavy atom. The number of aromatic nitrogens is 2. The second kappa shape index (κ2) is 10.6. The number of rotatable bonds is 7. The molecule has 8 nitrogen and oxygen atoms in total. The summed E-state index contributed by atoms with van der Waals surface area (Å²) in [5.41, 5.74) is -3.26. The Bertz CT molecular complexity index is 1240. The van der Waals surface area contributed by atoms with E-state index in [1.165, 1.54) is 18.7 Å². The Labute approximate surface area is 226 Å². The molecule has 1 unspecified atom stereocenters. The minimum Gasteiger partial charge on any atom is -0.389 e. The van der Waals surface area contributed by atoms with Gasteiger partial charge >= 0.3 is 6.18 Å². The fourth-order valence-electron chi connectivity index (χ4n) is 4.72. The second-order valence-electron chi connectivity index (χ2n) is 10.6. The highest BCUT2D eigenvalue weighted by Gasteiger charge is 2.44. The van der Waals surface area contributed by atoms with E-state index in [-0.39, 0.29) is 53.2 Å². The third kappa shape index (κ3) is 6.48. The normalized spacial score (nSPS) is 21.3. The van der Waals surface area contributed by atoms with Gasteiger partial charge in [-0.05, 0) is 52.5 Å². The summed E-state index contributed by atoms with van der Waals surface area (Å²) in [4.78, 5) is 35.6. The van der Waals surface area contributed by atoms with E-state index in [9.17, 15) is 36.6 Å². The highest BCUT2D eigenvalue weighted by atomic mass is 32.1. The fraction of sp³-hybridized carbons (Fsp3) is 0.600. The number of nitrogens with one attached hydrogen (secondary N) is 2. The van der Waals surface area contributed by atoms with Gasteiger partial charge in [0, 0.05) is 37.3 Å². The number of aliphatic hydroxyl groups is 1. The maximum atomic E-state index is 14.3. The third-order valence-corrected chi connectivity index (χ3v) is 7.90. The predicted molar refractivity (Wildman–Crippen MR) is 135 cm³/mol. The van der Waals surface area contributed by atoms with Crippen LogP contribution in [0.4, 0.5) is 27.8 Å². The van der Waals surface area contributed by atoms with Gasteiger partial charge in [-0.1, -0.05) is 0 Å². The first-order valence-electron chi connectivity index (χ1n) is 12.6. The van der Waals surface area contributed by atoms with Crippen LogP contribution in [0.25, 0.3) is 10.4 Å². The minimum absolute atomic E-state index is 0.0857. The van der Waals surface area contributed by atoms with E-state index in [2.05, 4.69) is 20.6 Å². The quantitative estimate of drug-likeness (QED) is 0.404. The second-order valence-corrected chi connectivity index (χ2v) is 11.6. The first-order valence-corrected chi connectivity index (χ1v) is 13.4. The first-order chi connectivity index (χ1) is 18.1. The number of carbonyl (C=O) groups is 2. The fourth-order valence-corrected chi connectivity index (χ4v) is 5.72. The number of nitrogens with zero attached hydrogens (tertiary/aromatic N) is 3. The molecule has 1 saturated carbocycles. The SMILES string of the molecule is CC1CCCN1C(=O)c1nc(C(=O)NCC(C)(C)O)sc1-c1cnc(N[C@H]2CCCC2(F)F)cc1C(F)(F)F. The molecule has 2 aromatic heterocycles. The lowest BCUT2D eigenvalue weighted by Crippen LogP contribution is -2.38. The maximum Gasteiger partial charge on any atom is 0.417 e. The average molecular weight is 576 g/mol. The van der Waals surface area contributed by atoms with Crippen LogP contribution in [-0.2, 0) is 6.18 Å². The molecule has 4 rings (SSSR count). The molecule has 214 valence electrons. The van der Waals surface area contributed by atoms with Crippen molar-refractivity contribution < 1.29 is 36.6 Å². The van der Waals surface area contributed by atoms with Gasteiger partial charge in [0.2, 0.25) is 0 Å². The number of hydrogen-bond acceptors (Lipinski definition) is 7. The van der Waals surface area contributed by atoms with Crippen molar-refractivity contribution in [3.63, 3.8) is 0 Å². The largest absolute Gasteiger partial charge is 0.417 e. The van der Waals surface area contributed by atoms with Crippen molar-refractivity contribution >= 4 is 29.0 Å². The molecule has 1 saturated heterocycles. The molecule has 2 amide bonds. The summed E-state index contributed by atoms with van der Waals surface area (Å²) >= 11 is 0.596. The van der Waals surface area contributed by atoms with Gasteiger partial charge in [0.05, 0.1) is 22.1 Å². The average Bonchev–Trinajstić information content (AvgIpc) is 3.54. The van der Waals surface area contributed by atoms with E-state index in [1.807, 2.05) is 6.92 Å². The summed E-state index contributed by atoms with van der Waals surface area (Å²) in [7, 11) is 0. The van der Waals surface area contributed by atoms with Crippen LogP contribution >= 0.6 is 11.3 Å². The van der Waals surface area contributed by atoms with E-state index < -0.39 is 46.7 Å². The molecule has 3 N–H and O–H groups in total. The predicted octanol–water partition coefficient (Wildman–Crippen LogP) is 4.95. The maximum absolute atomic E-state index is 14.3. The molecule has 0 radical (unpaired) electrons. The van der Waals surface area contributed by atoms with Crippen LogP contribution in [0, 0.1) is 0 Å². The molecule has 0 bridgehead atoms. The summed E-state index contributed by atoms with van der Waals surface area (Å²) in [6.07, 6.45) is -2.68. The van der Waals surface area contributed by atoms with Crippen LogP contribution < -0.4 is 10.6 Å². The molecular formula is C25H30F5N5O3S. The van der Waals surface area contributed by atoms with Gasteiger partial charge in [0.1, 0.15) is 11.5 Å². The molecule has 2 fully saturated rings. The van der Waals surface area contributed by atoms with Crippen molar-refractivity contribution in [2.75, 3.05) is 18.4 Å². The number of carbonyl (C=O) groups excluding carboxylic acids is 2. The van der Waals surface area contributed by atoms with Gasteiger partial charge in [-0.3, -0.25) is 9.59 Å². The van der Waals surface area contributed by atoms with E-state index in [0.717, 1.165) is 6.20 Å². The number of amides is 2. The molecule has 2 aromatic rings. The Balaban J connectivity index is 1.77. The number of thiazole rings is 1. The first kappa shape index (κ1) is 29.1. The lowest BCUT2D eigenvalue weighted by Gasteiger charge is -2.22. The van der Waals surface area contributed by atoms with Crippen molar-refractivity contribution in [3.8, 4) is 10.4 Å². The number of hydrogen-bond donors (Lipinski definition) is 3. The Morgan fingerprint density at radius 3 is 2.51 bits per heavy atom. The van der Waals surface area contributed by atoms with Crippen LogP contribution in [0.2, 0.25) is 0 Å². The molecule has 39 heavy (non-hydrogen) atoms. The zero-order chi connectivity index (χ0) is 28.8. The van der Waals surface area contributed by atoms with E-state index in [0.29, 0.717) is 36.8 Å². The van der Waals surface area contributed by atoms with Crippen LogP contribution in [0.1, 0.15) is 78.7 Å². The molecule has 2 aliphatic rings. The number of halogens is 5. The molecular weight excluding hydrogens is 545 g/mol. The number of anilines is 1. The smallest absolute Gasteiger partial charge is 0.389 e. The van der Waals surface area contributed by atoms with E-state index >= 15 is 0 Å². The van der Waals surface area contributed by atoms with Gasteiger partial charge in [0.15, 0.2) is 5.01 Å². The molecule has 0 aromatic carbocycles. The number of likely N-dealkylation sites (tertiary alicyclic amines) is 1. The lowest BCUT2D eigenvalue weighted by molar-refractivity contribution is -0.137. The molecule has 0 spiro atoms. The van der Waals surface area contributed by atoms with Crippen molar-refractivity contribution in [3.05, 3.63) is 28.5 Å². The highest BCUT2D eigenvalue weighted by molar-refractivity contribution is 7.17. The Hall–Kier alpha value is -2.87. The molecule has 1 aliphatic carbocycles. The monoisotopic (exact) mass is 575 g/mol. The number of pyridine rings is 1. The number of alkyl halides is 5. The van der Waals surface area contributed by atoms with E-state index in [1.54, 1.807) is 0 Å². The van der Waals surface area contributed by atoms with E-state index in [4.69, 9.17) is 0 Å². The molecule has 14 heteroatoms. The highest BCUT2D eigenvalue weighted by Crippen LogP contribution is 2.43. The summed E-state index contributed by atoms with van der Waals surface area (Å²) in [6, 6.07) is -0.871. The van der Waals surface area contributed by atoms with Crippen LogP contribution in [0.3, 0.4) is 0 Å².